The van der Waals surface area contributed by atoms with Crippen LogP contribution in [0.1, 0.15) is 45.1 Å². The summed E-state index contributed by atoms with van der Waals surface area (Å²) >= 11 is 1.89. The van der Waals surface area contributed by atoms with Crippen molar-refractivity contribution in [3.8, 4) is 22.6 Å². The maximum atomic E-state index is 7.34. The molecule has 0 bridgehead atoms. The van der Waals surface area contributed by atoms with Gasteiger partial charge in [-0.2, -0.15) is 0 Å². The summed E-state index contributed by atoms with van der Waals surface area (Å²) in [6, 6.07) is 62.5. The summed E-state index contributed by atoms with van der Waals surface area (Å²) in [6.45, 7) is 4.89. The Hall–Kier alpha value is -6.43. The zero-order chi connectivity index (χ0) is 40.7. The van der Waals surface area contributed by atoms with Crippen LogP contribution in [0, 0.1) is 5.92 Å². The number of anilines is 6. The second-order valence-electron chi connectivity index (χ2n) is 17.5. The molecule has 0 saturated carbocycles. The Kier molecular flexibility index (Phi) is 8.57. The highest BCUT2D eigenvalue weighted by atomic mass is 32.2. The summed E-state index contributed by atoms with van der Waals surface area (Å²) < 4.78 is 7.34. The first-order chi connectivity index (χ1) is 30.0. The van der Waals surface area contributed by atoms with Crippen molar-refractivity contribution in [1.82, 2.24) is 0 Å². The van der Waals surface area contributed by atoms with Crippen molar-refractivity contribution in [3.63, 3.8) is 0 Å². The van der Waals surface area contributed by atoms with Crippen LogP contribution in [0.15, 0.2) is 192 Å². The molecule has 1 aliphatic carbocycles. The van der Waals surface area contributed by atoms with Crippen molar-refractivity contribution in [3.05, 3.63) is 188 Å². The van der Waals surface area contributed by atoms with Crippen LogP contribution in [-0.2, 0) is 5.41 Å². The van der Waals surface area contributed by atoms with E-state index in [1.807, 2.05) is 11.8 Å². The highest BCUT2D eigenvalue weighted by Gasteiger charge is 2.44. The molecule has 8 aromatic rings. The van der Waals surface area contributed by atoms with Crippen LogP contribution >= 0.6 is 11.8 Å². The van der Waals surface area contributed by atoms with Crippen LogP contribution < -0.4 is 30.9 Å². The molecule has 2 atom stereocenters. The second-order valence-corrected chi connectivity index (χ2v) is 18.6. The molecule has 61 heavy (non-hydrogen) atoms. The van der Waals surface area contributed by atoms with Crippen LogP contribution in [0.25, 0.3) is 21.9 Å². The van der Waals surface area contributed by atoms with Gasteiger partial charge >= 0.3 is 0 Å². The molecule has 4 aliphatic rings. The number of hydrogen-bond donors (Lipinski definition) is 0. The fraction of sp³-hybridized carbons (Fsp3) is 0.143. The summed E-state index contributed by atoms with van der Waals surface area (Å²) in [5.41, 5.74) is 14.5. The van der Waals surface area contributed by atoms with E-state index in [1.165, 1.54) is 77.9 Å². The quantitative estimate of drug-likeness (QED) is 0.127. The lowest BCUT2D eigenvalue weighted by atomic mass is 9.34. The van der Waals surface area contributed by atoms with Crippen LogP contribution in [0.4, 0.5) is 34.1 Å². The van der Waals surface area contributed by atoms with Gasteiger partial charge in [-0.1, -0.05) is 135 Å². The molecule has 3 heterocycles. The summed E-state index contributed by atoms with van der Waals surface area (Å²) in [6.07, 6.45) is 9.66. The Morgan fingerprint density at radius 1 is 0.672 bits per heavy atom. The highest BCUT2D eigenvalue weighted by molar-refractivity contribution is 7.99. The summed E-state index contributed by atoms with van der Waals surface area (Å²) in [5.74, 6) is 2.54. The fourth-order valence-electron chi connectivity index (χ4n) is 10.8. The van der Waals surface area contributed by atoms with E-state index in [-0.39, 0.29) is 12.1 Å². The van der Waals surface area contributed by atoms with Gasteiger partial charge in [0.15, 0.2) is 0 Å². The van der Waals surface area contributed by atoms with Gasteiger partial charge in [0.25, 0.3) is 6.71 Å². The summed E-state index contributed by atoms with van der Waals surface area (Å²) in [5, 5.41) is 2.52. The van der Waals surface area contributed by atoms with Crippen molar-refractivity contribution in [2.75, 3.05) is 9.80 Å². The minimum atomic E-state index is -0.124. The molecular formula is C56H45BN2OS. The predicted octanol–water partition coefficient (Wildman–Crippen LogP) is 13.9. The van der Waals surface area contributed by atoms with Crippen molar-refractivity contribution >= 4 is 79.8 Å². The maximum Gasteiger partial charge on any atom is 0.256 e. The van der Waals surface area contributed by atoms with Gasteiger partial charge in [-0.3, -0.25) is 0 Å². The van der Waals surface area contributed by atoms with Gasteiger partial charge in [-0.25, -0.2) is 0 Å². The number of benzene rings is 8. The van der Waals surface area contributed by atoms with E-state index in [9.17, 15) is 0 Å². The standard InChI is InChI=1S/C56H45BN2OS/c1-37-18-7-6-16-31-56(2,36-37)38-32-49-55-51(33-38)60-50-34-44-42-29-30-47(58(39-19-8-3-9-20-39)40-21-10-4-11-22-40)43-25-17-28-52(54(42)43)61-53(44)35-46(50)57(55)45-26-14-15-27-48(45)59(49)41-23-12-5-13-24-41/h3-5,8-17,19-35,37H,6-7,18,36H2,1-2H3/b31-16+. The molecule has 0 saturated heterocycles. The average Bonchev–Trinajstić information content (AvgIpc) is 3.29. The SMILES string of the molecule is CC1CCC/C=C/C(C)(c2cc3c4c(c2)N(c2ccccc2)c2ccccc2B4c2cc4c(cc2O3)-c2ccc(N(c3ccccc3)c3ccccc3)c3cccc(c23)S4)C1. The zero-order valence-corrected chi connectivity index (χ0v) is 35.3. The van der Waals surface area contributed by atoms with Crippen molar-refractivity contribution < 1.29 is 4.74 Å². The molecule has 12 rings (SSSR count). The number of allylic oxidation sites excluding steroid dienone is 2. The highest BCUT2D eigenvalue weighted by Crippen LogP contribution is 2.53. The third-order valence-electron chi connectivity index (χ3n) is 13.5. The van der Waals surface area contributed by atoms with E-state index in [1.54, 1.807) is 0 Å². The van der Waals surface area contributed by atoms with Gasteiger partial charge in [0, 0.05) is 54.4 Å². The molecule has 0 spiro atoms. The number of hydrogen-bond acceptors (Lipinski definition) is 4. The van der Waals surface area contributed by atoms with Gasteiger partial charge < -0.3 is 14.5 Å². The van der Waals surface area contributed by atoms with Crippen molar-refractivity contribution in [1.29, 1.82) is 0 Å². The van der Waals surface area contributed by atoms with E-state index in [4.69, 9.17) is 4.74 Å². The first-order valence-electron chi connectivity index (χ1n) is 21.8. The van der Waals surface area contributed by atoms with Crippen LogP contribution in [0.5, 0.6) is 11.5 Å². The molecule has 0 amide bonds. The molecule has 3 aliphatic heterocycles. The third kappa shape index (κ3) is 5.89. The first kappa shape index (κ1) is 36.4. The molecular weight excluding hydrogens is 760 g/mol. The Balaban J connectivity index is 1.06. The Bertz CT molecular complexity index is 3000. The molecule has 5 heteroatoms. The van der Waals surface area contributed by atoms with Crippen LogP contribution in [0.3, 0.4) is 0 Å². The first-order valence-corrected chi connectivity index (χ1v) is 22.6. The van der Waals surface area contributed by atoms with Crippen molar-refractivity contribution in [2.24, 2.45) is 5.92 Å². The number of fused-ring (bicyclic) bond motifs is 6. The lowest BCUT2D eigenvalue weighted by molar-refractivity contribution is 0.377. The Labute approximate surface area is 363 Å². The second kappa shape index (κ2) is 14.4. The van der Waals surface area contributed by atoms with E-state index < -0.39 is 0 Å². The number of ether oxygens (including phenoxy) is 1. The van der Waals surface area contributed by atoms with Crippen molar-refractivity contribution in [2.45, 2.75) is 54.7 Å². The Morgan fingerprint density at radius 3 is 2.20 bits per heavy atom. The molecule has 0 aromatic heterocycles. The lowest BCUT2D eigenvalue weighted by Gasteiger charge is -2.42. The minimum Gasteiger partial charge on any atom is -0.458 e. The maximum absolute atomic E-state index is 7.34. The van der Waals surface area contributed by atoms with Gasteiger partial charge in [0.05, 0.1) is 5.69 Å². The smallest absolute Gasteiger partial charge is 0.256 e. The molecule has 3 nitrogen and oxygen atoms in total. The van der Waals surface area contributed by atoms with Gasteiger partial charge in [0.1, 0.15) is 11.5 Å². The summed E-state index contributed by atoms with van der Waals surface area (Å²) in [7, 11) is 0. The number of nitrogens with zero attached hydrogens (tertiary/aromatic N) is 2. The monoisotopic (exact) mass is 804 g/mol. The Morgan fingerprint density at radius 2 is 1.41 bits per heavy atom. The van der Waals surface area contributed by atoms with Gasteiger partial charge in [-0.15, -0.1) is 0 Å². The van der Waals surface area contributed by atoms with Gasteiger partial charge in [-0.05, 0) is 137 Å². The molecule has 0 N–H and O–H groups in total. The largest absolute Gasteiger partial charge is 0.458 e. The molecule has 0 fully saturated rings. The fourth-order valence-corrected chi connectivity index (χ4v) is 12.0. The van der Waals surface area contributed by atoms with Crippen LogP contribution in [-0.4, -0.2) is 6.71 Å². The molecule has 294 valence electrons. The normalized spacial score (nSPS) is 18.8. The van der Waals surface area contributed by atoms with E-state index in [2.05, 4.69) is 206 Å². The average molecular weight is 805 g/mol. The minimum absolute atomic E-state index is 0.0225. The number of rotatable bonds is 5. The van der Waals surface area contributed by atoms with Crippen LogP contribution in [0.2, 0.25) is 0 Å². The molecule has 0 radical (unpaired) electrons. The molecule has 2 unspecified atom stereocenters. The molecule has 8 aromatic carbocycles. The van der Waals surface area contributed by atoms with E-state index in [0.29, 0.717) is 5.92 Å². The summed E-state index contributed by atoms with van der Waals surface area (Å²) in [4.78, 5) is 7.41. The lowest BCUT2D eigenvalue weighted by Crippen LogP contribution is -2.59. The van der Waals surface area contributed by atoms with Gasteiger partial charge in [0.2, 0.25) is 0 Å². The zero-order valence-electron chi connectivity index (χ0n) is 34.5. The van der Waals surface area contributed by atoms with E-state index in [0.717, 1.165) is 47.1 Å². The number of para-hydroxylation sites is 4. The third-order valence-corrected chi connectivity index (χ3v) is 14.7. The topological polar surface area (TPSA) is 15.7 Å². The predicted molar refractivity (Wildman–Crippen MR) is 258 cm³/mol. The van der Waals surface area contributed by atoms with E-state index >= 15 is 0 Å².